The van der Waals surface area contributed by atoms with E-state index >= 15 is 0 Å². The zero-order valence-electron chi connectivity index (χ0n) is 22.4. The lowest BCUT2D eigenvalue weighted by Crippen LogP contribution is -2.15. The van der Waals surface area contributed by atoms with Crippen molar-refractivity contribution in [1.82, 2.24) is 9.55 Å². The van der Waals surface area contributed by atoms with Crippen LogP contribution >= 0.6 is 11.3 Å². The molecule has 0 radical (unpaired) electrons. The van der Waals surface area contributed by atoms with Crippen molar-refractivity contribution < 1.29 is 18.3 Å². The lowest BCUT2D eigenvalue weighted by Gasteiger charge is -2.15. The fourth-order valence-electron chi connectivity index (χ4n) is 5.18. The molecule has 0 spiro atoms. The van der Waals surface area contributed by atoms with E-state index in [1.807, 2.05) is 54.8 Å². The Balaban J connectivity index is 1.62. The van der Waals surface area contributed by atoms with Gasteiger partial charge in [-0.1, -0.05) is 54.1 Å². The summed E-state index contributed by atoms with van der Waals surface area (Å²) in [4.78, 5) is 15.7. The fourth-order valence-corrected chi connectivity index (χ4v) is 6.89. The monoisotopic (exact) mass is 589 g/mol. The summed E-state index contributed by atoms with van der Waals surface area (Å²) in [6.45, 7) is 2.04. The van der Waals surface area contributed by atoms with Gasteiger partial charge in [0.2, 0.25) is 0 Å². The molecule has 0 amide bonds. The van der Waals surface area contributed by atoms with E-state index in [0.717, 1.165) is 44.5 Å². The average molecular weight is 590 g/mol. The van der Waals surface area contributed by atoms with Crippen LogP contribution in [0.5, 0.6) is 0 Å². The second-order valence-electron chi connectivity index (χ2n) is 9.83. The number of sulfone groups is 1. The van der Waals surface area contributed by atoms with Crippen LogP contribution in [0.2, 0.25) is 0 Å². The molecule has 3 aromatic carbocycles. The van der Waals surface area contributed by atoms with Crippen molar-refractivity contribution in [1.29, 1.82) is 5.26 Å². The van der Waals surface area contributed by atoms with E-state index in [1.165, 1.54) is 23.6 Å². The summed E-state index contributed by atoms with van der Waals surface area (Å²) in [5, 5.41) is 21.9. The molecule has 3 heterocycles. The lowest BCUT2D eigenvalue weighted by molar-refractivity contribution is -0.134. The van der Waals surface area contributed by atoms with Crippen LogP contribution in [-0.2, 0) is 14.6 Å². The molecule has 3 aromatic heterocycles. The third kappa shape index (κ3) is 4.87. The number of aromatic nitrogens is 2. The van der Waals surface area contributed by atoms with Gasteiger partial charge in [0.1, 0.15) is 10.9 Å². The van der Waals surface area contributed by atoms with Gasteiger partial charge in [-0.15, -0.1) is 11.3 Å². The van der Waals surface area contributed by atoms with E-state index in [-0.39, 0.29) is 4.90 Å². The van der Waals surface area contributed by atoms with Crippen molar-refractivity contribution in [3.05, 3.63) is 113 Å². The van der Waals surface area contributed by atoms with Crippen molar-refractivity contribution in [2.45, 2.75) is 11.8 Å². The van der Waals surface area contributed by atoms with Gasteiger partial charge >= 0.3 is 5.97 Å². The molecule has 9 heteroatoms. The molecule has 0 aliphatic heterocycles. The molecule has 0 saturated heterocycles. The minimum Gasteiger partial charge on any atom is -0.480 e. The van der Waals surface area contributed by atoms with Gasteiger partial charge < -0.3 is 9.67 Å². The van der Waals surface area contributed by atoms with Crippen LogP contribution < -0.4 is 0 Å². The third-order valence-corrected chi connectivity index (χ3v) is 9.45. The number of nitrogens with zero attached hydrogens (tertiary/aromatic N) is 3. The molecule has 0 saturated carbocycles. The van der Waals surface area contributed by atoms with E-state index < -0.39 is 21.6 Å². The van der Waals surface area contributed by atoms with Crippen molar-refractivity contribution in [3.63, 3.8) is 0 Å². The molecule has 0 bridgehead atoms. The number of aryl methyl sites for hydroxylation is 1. The summed E-state index contributed by atoms with van der Waals surface area (Å²) in [6.07, 6.45) is 2.72. The topological polar surface area (TPSA) is 113 Å². The molecule has 0 atom stereocenters. The SMILES string of the molecule is Cc1ccc(-n2c(-c3cccc(-c4cncc(S(=O)(=O)CC(=O)O)c4)c3)c(-c3ccsc3C#N)c3ccccc32)cc1. The fraction of sp³-hybridized carbons (Fsp3) is 0.0606. The number of nitriles is 1. The number of pyridine rings is 1. The van der Waals surface area contributed by atoms with Crippen LogP contribution in [-0.4, -0.2) is 34.8 Å². The molecule has 7 nitrogen and oxygen atoms in total. The number of aliphatic carboxylic acids is 1. The minimum atomic E-state index is -4.06. The van der Waals surface area contributed by atoms with Crippen molar-refractivity contribution in [3.8, 4) is 45.3 Å². The van der Waals surface area contributed by atoms with Crippen LogP contribution in [0.15, 0.2) is 108 Å². The second-order valence-corrected chi connectivity index (χ2v) is 12.7. The number of para-hydroxylation sites is 1. The molecule has 206 valence electrons. The Kier molecular flexibility index (Phi) is 6.94. The minimum absolute atomic E-state index is 0.154. The van der Waals surface area contributed by atoms with Gasteiger partial charge in [-0.05, 0) is 59.8 Å². The van der Waals surface area contributed by atoms with Gasteiger partial charge in [0.25, 0.3) is 0 Å². The van der Waals surface area contributed by atoms with E-state index in [1.54, 1.807) is 6.20 Å². The maximum Gasteiger partial charge on any atom is 0.319 e. The van der Waals surface area contributed by atoms with Gasteiger partial charge in [-0.3, -0.25) is 9.78 Å². The Bertz CT molecular complexity index is 2140. The molecule has 42 heavy (non-hydrogen) atoms. The molecule has 0 unspecified atom stereocenters. The first kappa shape index (κ1) is 27.1. The maximum atomic E-state index is 12.6. The number of benzene rings is 3. The lowest BCUT2D eigenvalue weighted by atomic mass is 9.96. The summed E-state index contributed by atoms with van der Waals surface area (Å²) < 4.78 is 27.4. The largest absolute Gasteiger partial charge is 0.480 e. The van der Waals surface area contributed by atoms with Gasteiger partial charge in [-0.25, -0.2) is 8.42 Å². The average Bonchev–Trinajstić information content (AvgIpc) is 3.59. The van der Waals surface area contributed by atoms with Gasteiger partial charge in [0.15, 0.2) is 15.6 Å². The molecular formula is C33H23N3O4S2. The van der Waals surface area contributed by atoms with Crippen molar-refractivity contribution in [2.75, 3.05) is 5.75 Å². The molecule has 1 N–H and O–H groups in total. The van der Waals surface area contributed by atoms with E-state index in [9.17, 15) is 18.5 Å². The summed E-state index contributed by atoms with van der Waals surface area (Å²) in [5.74, 6) is -2.44. The highest BCUT2D eigenvalue weighted by Crippen LogP contribution is 2.45. The number of fused-ring (bicyclic) bond motifs is 1. The summed E-state index contributed by atoms with van der Waals surface area (Å²) in [6, 6.07) is 29.8. The van der Waals surface area contributed by atoms with Crippen molar-refractivity contribution in [2.24, 2.45) is 0 Å². The maximum absolute atomic E-state index is 12.6. The Morgan fingerprint density at radius 1 is 0.952 bits per heavy atom. The summed E-state index contributed by atoms with van der Waals surface area (Å²) in [7, 11) is -4.06. The Hall–Kier alpha value is -5.04. The predicted molar refractivity (Wildman–Crippen MR) is 164 cm³/mol. The third-order valence-electron chi connectivity index (χ3n) is 7.06. The molecule has 0 aliphatic rings. The van der Waals surface area contributed by atoms with E-state index in [4.69, 9.17) is 5.11 Å². The molecule has 6 rings (SSSR count). The van der Waals surface area contributed by atoms with Crippen LogP contribution in [0.1, 0.15) is 10.4 Å². The first-order valence-corrected chi connectivity index (χ1v) is 15.5. The van der Waals surface area contributed by atoms with Gasteiger partial charge in [0, 0.05) is 40.2 Å². The first-order valence-electron chi connectivity index (χ1n) is 13.0. The quantitative estimate of drug-likeness (QED) is 0.212. The number of hydrogen-bond acceptors (Lipinski definition) is 6. The zero-order chi connectivity index (χ0) is 29.4. The zero-order valence-corrected chi connectivity index (χ0v) is 24.0. The predicted octanol–water partition coefficient (Wildman–Crippen LogP) is 7.13. The molecular weight excluding hydrogens is 567 g/mol. The smallest absolute Gasteiger partial charge is 0.319 e. The molecule has 0 aliphatic carbocycles. The van der Waals surface area contributed by atoms with Crippen LogP contribution in [0, 0.1) is 18.3 Å². The molecule has 6 aromatic rings. The Morgan fingerprint density at radius 2 is 1.71 bits per heavy atom. The highest BCUT2D eigenvalue weighted by molar-refractivity contribution is 7.92. The number of carbonyl (C=O) groups is 1. The number of carboxylic acids is 1. The van der Waals surface area contributed by atoms with E-state index in [2.05, 4.69) is 52.0 Å². The number of rotatable bonds is 7. The summed E-state index contributed by atoms with van der Waals surface area (Å²) >= 11 is 1.39. The van der Waals surface area contributed by atoms with Crippen LogP contribution in [0.25, 0.3) is 50.1 Å². The standard InChI is InChI=1S/C33H23N3O4S2/c1-21-9-11-25(12-10-21)36-29-8-3-2-7-27(29)32(28-13-14-41-30(28)17-34)33(36)23-6-4-5-22(15-23)24-16-26(19-35-18-24)42(39,40)20-31(37)38/h2-16,18-19H,20H2,1H3,(H,37,38). The van der Waals surface area contributed by atoms with Gasteiger partial charge in [-0.2, -0.15) is 5.26 Å². The van der Waals surface area contributed by atoms with E-state index in [0.29, 0.717) is 16.0 Å². The van der Waals surface area contributed by atoms with Crippen molar-refractivity contribution >= 4 is 38.0 Å². The number of carboxylic acid groups (broad SMARTS) is 1. The van der Waals surface area contributed by atoms with Gasteiger partial charge in [0.05, 0.1) is 16.1 Å². The first-order chi connectivity index (χ1) is 20.3. The second kappa shape index (κ2) is 10.7. The normalized spacial score (nSPS) is 11.4. The molecule has 0 fully saturated rings. The highest BCUT2D eigenvalue weighted by atomic mass is 32.2. The van der Waals surface area contributed by atoms with Crippen LogP contribution in [0.3, 0.4) is 0 Å². The summed E-state index contributed by atoms with van der Waals surface area (Å²) in [5.41, 5.74) is 7.84. The Labute approximate surface area is 246 Å². The number of hydrogen-bond donors (Lipinski definition) is 1. The number of thiophene rings is 1. The highest BCUT2D eigenvalue weighted by Gasteiger charge is 2.24. The van der Waals surface area contributed by atoms with Crippen LogP contribution in [0.4, 0.5) is 0 Å². The Morgan fingerprint density at radius 3 is 2.48 bits per heavy atom.